The molecule has 0 aromatic heterocycles. The van der Waals surface area contributed by atoms with E-state index in [1.807, 2.05) is 0 Å². The predicted molar refractivity (Wildman–Crippen MR) is 37.5 cm³/mol. The average Bonchev–Trinajstić information content (AvgIpc) is 1.91. The minimum Gasteiger partial charge on any atom is -0.381 e. The molecule has 1 radical (unpaired) electrons. The van der Waals surface area contributed by atoms with E-state index in [9.17, 15) is 0 Å². The summed E-state index contributed by atoms with van der Waals surface area (Å²) >= 11 is 0. The van der Waals surface area contributed by atoms with Crippen molar-refractivity contribution in [3.05, 3.63) is 6.42 Å². The van der Waals surface area contributed by atoms with E-state index in [1.54, 1.807) is 7.11 Å². The van der Waals surface area contributed by atoms with E-state index in [0.29, 0.717) is 12.5 Å². The Morgan fingerprint density at radius 2 is 2.33 bits per heavy atom. The Bertz CT molecular complexity index is 87.2. The van der Waals surface area contributed by atoms with E-state index in [1.165, 1.54) is 0 Å². The molecular weight excluding hydrogens is 112 g/mol. The summed E-state index contributed by atoms with van der Waals surface area (Å²) in [5, 5.41) is 0. The van der Waals surface area contributed by atoms with Gasteiger partial charge in [0, 0.05) is 13.5 Å². The van der Waals surface area contributed by atoms with Crippen LogP contribution in [0, 0.1) is 12.3 Å². The molecule has 0 aliphatic rings. The van der Waals surface area contributed by atoms with Gasteiger partial charge >= 0.3 is 0 Å². The molecule has 0 rings (SSSR count). The maximum absolute atomic E-state index is 6.64. The first-order valence-corrected chi connectivity index (χ1v) is 3.27. The summed E-state index contributed by atoms with van der Waals surface area (Å²) in [6.07, 6.45) is 9.63. The van der Waals surface area contributed by atoms with Crippen LogP contribution in [0.1, 0.15) is 26.2 Å². The number of rotatable bonds is 4. The Kier molecular flexibility index (Phi) is 5.35. The highest BCUT2D eigenvalue weighted by Gasteiger charge is 2.00. The summed E-state index contributed by atoms with van der Waals surface area (Å²) in [5.41, 5.74) is 0. The zero-order valence-electron chi connectivity index (χ0n) is 6.11. The highest BCUT2D eigenvalue weighted by atomic mass is 16.5. The van der Waals surface area contributed by atoms with Gasteiger partial charge in [-0.25, -0.2) is 0 Å². The molecule has 9 heavy (non-hydrogen) atoms. The Morgan fingerprint density at radius 1 is 1.67 bits per heavy atom. The fourth-order valence-electron chi connectivity index (χ4n) is 0.722. The van der Waals surface area contributed by atoms with Gasteiger partial charge in [0.2, 0.25) is 0 Å². The smallest absolute Gasteiger partial charge is 0.0577 e. The van der Waals surface area contributed by atoms with Crippen molar-refractivity contribution in [3.63, 3.8) is 0 Å². The van der Waals surface area contributed by atoms with Crippen LogP contribution < -0.4 is 0 Å². The van der Waals surface area contributed by atoms with E-state index in [-0.39, 0.29) is 0 Å². The first kappa shape index (κ1) is 8.52. The third kappa shape index (κ3) is 4.05. The largest absolute Gasteiger partial charge is 0.381 e. The summed E-state index contributed by atoms with van der Waals surface area (Å²) in [6.45, 7) is 2.08. The van der Waals surface area contributed by atoms with Crippen LogP contribution in [0.4, 0.5) is 0 Å². The van der Waals surface area contributed by atoms with Gasteiger partial charge < -0.3 is 4.74 Å². The van der Waals surface area contributed by atoms with Crippen LogP contribution in [0.2, 0.25) is 0 Å². The first-order valence-electron chi connectivity index (χ1n) is 3.27. The van der Waals surface area contributed by atoms with Gasteiger partial charge in [-0.1, -0.05) is 12.8 Å². The normalized spacial score (nSPS) is 12.6. The molecule has 0 bridgehead atoms. The van der Waals surface area contributed by atoms with Crippen LogP contribution in [0.15, 0.2) is 0 Å². The molecule has 1 heteroatoms. The predicted octanol–water partition coefficient (Wildman–Crippen LogP) is 1.78. The maximum Gasteiger partial charge on any atom is 0.0577 e. The van der Waals surface area contributed by atoms with Crippen LogP contribution in [-0.2, 0) is 4.74 Å². The van der Waals surface area contributed by atoms with Gasteiger partial charge in [0.25, 0.3) is 0 Å². The number of ether oxygens (including phenoxy) is 1. The molecule has 1 unspecified atom stereocenters. The van der Waals surface area contributed by atoms with Crippen molar-refractivity contribution in [3.8, 4) is 5.92 Å². The lowest BCUT2D eigenvalue weighted by Gasteiger charge is -2.09. The van der Waals surface area contributed by atoms with Gasteiger partial charge in [-0.3, -0.25) is 0 Å². The molecule has 0 saturated carbocycles. The molecule has 0 N–H and O–H groups in total. The minimum atomic E-state index is 0.322. The van der Waals surface area contributed by atoms with Crippen molar-refractivity contribution in [1.82, 2.24) is 0 Å². The molecule has 0 aliphatic heterocycles. The quantitative estimate of drug-likeness (QED) is 0.520. The average molecular weight is 125 g/mol. The number of hydrogen-bond donors (Lipinski definition) is 0. The highest BCUT2D eigenvalue weighted by molar-refractivity contribution is 4.76. The van der Waals surface area contributed by atoms with Crippen LogP contribution in [0.25, 0.3) is 0 Å². The molecule has 0 heterocycles. The van der Waals surface area contributed by atoms with Crippen LogP contribution >= 0.6 is 0 Å². The van der Waals surface area contributed by atoms with E-state index < -0.39 is 0 Å². The van der Waals surface area contributed by atoms with Crippen molar-refractivity contribution < 1.29 is 4.74 Å². The summed E-state index contributed by atoms with van der Waals surface area (Å²) in [7, 11) is 1.71. The van der Waals surface area contributed by atoms with Crippen molar-refractivity contribution in [2.24, 2.45) is 0 Å². The first-order chi connectivity index (χ1) is 4.35. The van der Waals surface area contributed by atoms with E-state index in [0.717, 1.165) is 12.8 Å². The summed E-state index contributed by atoms with van der Waals surface area (Å²) in [6, 6.07) is 0. The molecule has 0 fully saturated rings. The summed E-state index contributed by atoms with van der Waals surface area (Å²) < 4.78 is 5.08. The van der Waals surface area contributed by atoms with Gasteiger partial charge in [0.05, 0.1) is 6.10 Å². The lowest BCUT2D eigenvalue weighted by atomic mass is 10.1. The second-order valence-electron chi connectivity index (χ2n) is 1.98. The van der Waals surface area contributed by atoms with Gasteiger partial charge in [0.1, 0.15) is 0 Å². The molecule has 0 aliphatic carbocycles. The van der Waals surface area contributed by atoms with Crippen molar-refractivity contribution in [1.29, 1.82) is 0 Å². The molecule has 0 saturated heterocycles. The SMILES string of the molecule is [C]#CCCC(CC)OC. The summed E-state index contributed by atoms with van der Waals surface area (Å²) in [4.78, 5) is 0. The van der Waals surface area contributed by atoms with E-state index >= 15 is 0 Å². The molecule has 0 spiro atoms. The van der Waals surface area contributed by atoms with Crippen LogP contribution in [0.5, 0.6) is 0 Å². The van der Waals surface area contributed by atoms with E-state index in [2.05, 4.69) is 12.8 Å². The lowest BCUT2D eigenvalue weighted by Crippen LogP contribution is -2.07. The van der Waals surface area contributed by atoms with Gasteiger partial charge in [0.15, 0.2) is 0 Å². The van der Waals surface area contributed by atoms with Gasteiger partial charge in [-0.2, -0.15) is 0 Å². The molecule has 1 nitrogen and oxygen atoms in total. The van der Waals surface area contributed by atoms with Crippen LogP contribution in [0.3, 0.4) is 0 Å². The Balaban J connectivity index is 3.22. The lowest BCUT2D eigenvalue weighted by molar-refractivity contribution is 0.0935. The number of methoxy groups -OCH3 is 1. The second kappa shape index (κ2) is 5.65. The van der Waals surface area contributed by atoms with Gasteiger partial charge in [-0.15, -0.1) is 0 Å². The monoisotopic (exact) mass is 125 g/mol. The van der Waals surface area contributed by atoms with Crippen LogP contribution in [-0.4, -0.2) is 13.2 Å². The molecule has 51 valence electrons. The van der Waals surface area contributed by atoms with Crippen molar-refractivity contribution in [2.75, 3.05) is 7.11 Å². The summed E-state index contributed by atoms with van der Waals surface area (Å²) in [5.74, 6) is 2.34. The fourth-order valence-corrected chi connectivity index (χ4v) is 0.722. The van der Waals surface area contributed by atoms with Crippen molar-refractivity contribution >= 4 is 0 Å². The Labute approximate surface area is 57.4 Å². The third-order valence-electron chi connectivity index (χ3n) is 1.38. The minimum absolute atomic E-state index is 0.322. The van der Waals surface area contributed by atoms with E-state index in [4.69, 9.17) is 11.2 Å². The molecule has 1 atom stereocenters. The van der Waals surface area contributed by atoms with Crippen molar-refractivity contribution in [2.45, 2.75) is 32.3 Å². The molecule has 0 amide bonds. The zero-order chi connectivity index (χ0) is 7.11. The maximum atomic E-state index is 6.64. The molecule has 0 aromatic carbocycles. The van der Waals surface area contributed by atoms with Gasteiger partial charge in [-0.05, 0) is 19.3 Å². The number of hydrogen-bond acceptors (Lipinski definition) is 1. The topological polar surface area (TPSA) is 9.23 Å². The highest BCUT2D eigenvalue weighted by Crippen LogP contribution is 2.03. The molecule has 0 aromatic rings. The Hall–Kier alpha value is -0.480. The fraction of sp³-hybridized carbons (Fsp3) is 0.750. The standard InChI is InChI=1S/C8H13O/c1-4-6-7-8(5-2)9-3/h8H,5-7H2,2-3H3. The third-order valence-corrected chi connectivity index (χ3v) is 1.38. The zero-order valence-corrected chi connectivity index (χ0v) is 6.11. The molecular formula is C8H13O. The second-order valence-corrected chi connectivity index (χ2v) is 1.98. The Morgan fingerprint density at radius 3 is 2.67 bits per heavy atom.